The van der Waals surface area contributed by atoms with E-state index in [4.69, 9.17) is 4.74 Å². The molecule has 1 saturated heterocycles. The lowest BCUT2D eigenvalue weighted by Crippen LogP contribution is -2.38. The zero-order valence-corrected chi connectivity index (χ0v) is 13.1. The molecular weight excluding hydrogens is 292 g/mol. The van der Waals surface area contributed by atoms with Crippen LogP contribution in [0.1, 0.15) is 42.4 Å². The van der Waals surface area contributed by atoms with Crippen LogP contribution in [0.15, 0.2) is 29.8 Å². The number of benzene rings is 1. The molecule has 4 rings (SSSR count). The Hall–Kier alpha value is -1.65. The third kappa shape index (κ3) is 2.60. The minimum Gasteiger partial charge on any atom is -0.457 e. The number of aliphatic hydroxyl groups excluding tert-OH is 1. The Kier molecular flexibility index (Phi) is 3.54. The molecule has 23 heavy (non-hydrogen) atoms. The van der Waals surface area contributed by atoms with Crippen molar-refractivity contribution >= 4 is 5.97 Å². The number of carbonyl (C=O) groups excluding carboxylic acids is 1. The van der Waals surface area contributed by atoms with Crippen LogP contribution in [0, 0.1) is 0 Å². The van der Waals surface area contributed by atoms with Gasteiger partial charge in [-0.2, -0.15) is 0 Å². The fourth-order valence-electron chi connectivity index (χ4n) is 4.05. The lowest BCUT2D eigenvalue weighted by atomic mass is 9.83. The van der Waals surface area contributed by atoms with Gasteiger partial charge >= 0.3 is 5.97 Å². The predicted octanol–water partition coefficient (Wildman–Crippen LogP) is 1.85. The summed E-state index contributed by atoms with van der Waals surface area (Å²) in [6, 6.07) is 6.65. The van der Waals surface area contributed by atoms with Crippen molar-refractivity contribution in [1.29, 1.82) is 0 Å². The maximum atomic E-state index is 11.7. The standard InChI is InChI=1S/C19H22O4/c20-17-15(10-19(22)11-16(17)23-18(19)21)8-6-12-5-7-13-3-1-2-4-14(13)9-12/h5,7,9-10,16-17,20,22H,1-4,6,8,11H2. The van der Waals surface area contributed by atoms with Crippen LogP contribution in [0.2, 0.25) is 0 Å². The maximum Gasteiger partial charge on any atom is 0.342 e. The Balaban J connectivity index is 1.50. The summed E-state index contributed by atoms with van der Waals surface area (Å²) in [5.41, 5.74) is 3.34. The van der Waals surface area contributed by atoms with Crippen LogP contribution < -0.4 is 0 Å². The highest BCUT2D eigenvalue weighted by Gasteiger charge is 2.52. The van der Waals surface area contributed by atoms with Gasteiger partial charge in [0.1, 0.15) is 12.2 Å². The van der Waals surface area contributed by atoms with E-state index in [2.05, 4.69) is 18.2 Å². The first-order chi connectivity index (χ1) is 11.0. The van der Waals surface area contributed by atoms with Crippen molar-refractivity contribution in [1.82, 2.24) is 0 Å². The number of hydrogen-bond acceptors (Lipinski definition) is 4. The Morgan fingerprint density at radius 3 is 2.78 bits per heavy atom. The summed E-state index contributed by atoms with van der Waals surface area (Å²) < 4.78 is 5.07. The first-order valence-electron chi connectivity index (χ1n) is 8.49. The van der Waals surface area contributed by atoms with Gasteiger partial charge in [0.05, 0.1) is 0 Å². The smallest absolute Gasteiger partial charge is 0.342 e. The van der Waals surface area contributed by atoms with Crippen molar-refractivity contribution in [3.8, 4) is 0 Å². The summed E-state index contributed by atoms with van der Waals surface area (Å²) in [4.78, 5) is 11.7. The number of fused-ring (bicyclic) bond motifs is 3. The van der Waals surface area contributed by atoms with E-state index >= 15 is 0 Å². The Bertz CT molecular complexity index is 678. The van der Waals surface area contributed by atoms with Crippen LogP contribution in [-0.4, -0.2) is 34.0 Å². The van der Waals surface area contributed by atoms with Gasteiger partial charge in [-0.15, -0.1) is 0 Å². The second kappa shape index (κ2) is 5.46. The molecule has 0 radical (unpaired) electrons. The molecule has 0 amide bonds. The summed E-state index contributed by atoms with van der Waals surface area (Å²) in [6.07, 6.45) is 6.58. The van der Waals surface area contributed by atoms with E-state index in [0.717, 1.165) is 12.8 Å². The number of esters is 1. The van der Waals surface area contributed by atoms with E-state index in [9.17, 15) is 15.0 Å². The van der Waals surface area contributed by atoms with Crippen LogP contribution >= 0.6 is 0 Å². The minimum atomic E-state index is -1.53. The van der Waals surface area contributed by atoms with Crippen LogP contribution in [-0.2, 0) is 28.8 Å². The van der Waals surface area contributed by atoms with Crippen molar-refractivity contribution in [2.24, 2.45) is 0 Å². The molecule has 1 fully saturated rings. The molecule has 4 heteroatoms. The predicted molar refractivity (Wildman–Crippen MR) is 84.9 cm³/mol. The summed E-state index contributed by atoms with van der Waals surface area (Å²) >= 11 is 0. The largest absolute Gasteiger partial charge is 0.457 e. The Labute approximate surface area is 135 Å². The second-order valence-electron chi connectivity index (χ2n) is 7.05. The molecule has 1 heterocycles. The summed E-state index contributed by atoms with van der Waals surface area (Å²) in [5.74, 6) is -0.634. The molecule has 1 aromatic rings. The van der Waals surface area contributed by atoms with Gasteiger partial charge in [-0.25, -0.2) is 4.79 Å². The van der Waals surface area contributed by atoms with E-state index in [1.165, 1.54) is 42.0 Å². The molecule has 3 atom stereocenters. The van der Waals surface area contributed by atoms with E-state index in [1.807, 2.05) is 0 Å². The average molecular weight is 314 g/mol. The zero-order chi connectivity index (χ0) is 16.0. The topological polar surface area (TPSA) is 66.8 Å². The van der Waals surface area contributed by atoms with Crippen LogP contribution in [0.3, 0.4) is 0 Å². The van der Waals surface area contributed by atoms with E-state index in [-0.39, 0.29) is 6.42 Å². The van der Waals surface area contributed by atoms with Crippen LogP contribution in [0.5, 0.6) is 0 Å². The highest BCUT2D eigenvalue weighted by Crippen LogP contribution is 2.38. The summed E-state index contributed by atoms with van der Waals surface area (Å²) in [7, 11) is 0. The van der Waals surface area contributed by atoms with Gasteiger partial charge in [0.15, 0.2) is 5.60 Å². The summed E-state index contributed by atoms with van der Waals surface area (Å²) in [5, 5.41) is 20.6. The molecule has 2 N–H and O–H groups in total. The number of rotatable bonds is 3. The van der Waals surface area contributed by atoms with Gasteiger partial charge in [0.2, 0.25) is 0 Å². The number of aliphatic hydroxyl groups is 2. The lowest BCUT2D eigenvalue weighted by Gasteiger charge is -2.26. The van der Waals surface area contributed by atoms with Crippen molar-refractivity contribution in [2.75, 3.05) is 0 Å². The van der Waals surface area contributed by atoms with Gasteiger partial charge in [-0.05, 0) is 66.9 Å². The quantitative estimate of drug-likeness (QED) is 0.660. The van der Waals surface area contributed by atoms with Gasteiger partial charge in [0.25, 0.3) is 0 Å². The summed E-state index contributed by atoms with van der Waals surface area (Å²) in [6.45, 7) is 0. The average Bonchev–Trinajstić information content (AvgIpc) is 2.81. The van der Waals surface area contributed by atoms with Gasteiger partial charge in [0, 0.05) is 6.42 Å². The second-order valence-corrected chi connectivity index (χ2v) is 7.05. The molecular formula is C19H22O4. The number of ether oxygens (including phenoxy) is 1. The van der Waals surface area contributed by atoms with Gasteiger partial charge in [-0.1, -0.05) is 18.2 Å². The van der Waals surface area contributed by atoms with Crippen LogP contribution in [0.25, 0.3) is 0 Å². The highest BCUT2D eigenvalue weighted by atomic mass is 16.6. The number of carbonyl (C=O) groups is 1. The molecule has 1 aliphatic heterocycles. The fourth-order valence-corrected chi connectivity index (χ4v) is 4.05. The number of aryl methyl sites for hydroxylation is 3. The first-order valence-corrected chi connectivity index (χ1v) is 8.49. The zero-order valence-electron chi connectivity index (χ0n) is 13.1. The van der Waals surface area contributed by atoms with Crippen LogP contribution in [0.4, 0.5) is 0 Å². The molecule has 3 unspecified atom stereocenters. The third-order valence-electron chi connectivity index (χ3n) is 5.40. The Morgan fingerprint density at radius 2 is 1.96 bits per heavy atom. The lowest BCUT2D eigenvalue weighted by molar-refractivity contribution is -0.152. The molecule has 0 aromatic heterocycles. The molecule has 1 aromatic carbocycles. The molecule has 2 aliphatic carbocycles. The monoisotopic (exact) mass is 314 g/mol. The minimum absolute atomic E-state index is 0.162. The van der Waals surface area contributed by atoms with Crippen molar-refractivity contribution in [2.45, 2.75) is 62.8 Å². The highest BCUT2D eigenvalue weighted by molar-refractivity contribution is 5.85. The van der Waals surface area contributed by atoms with Gasteiger partial charge < -0.3 is 14.9 Å². The molecule has 3 aliphatic rings. The third-order valence-corrected chi connectivity index (χ3v) is 5.40. The van der Waals surface area contributed by atoms with E-state index < -0.39 is 23.8 Å². The van der Waals surface area contributed by atoms with E-state index in [1.54, 1.807) is 0 Å². The van der Waals surface area contributed by atoms with E-state index in [0.29, 0.717) is 12.0 Å². The fraction of sp³-hybridized carbons (Fsp3) is 0.526. The van der Waals surface area contributed by atoms with Crippen molar-refractivity contribution < 1.29 is 19.7 Å². The normalized spacial score (nSPS) is 32.3. The van der Waals surface area contributed by atoms with Gasteiger partial charge in [-0.3, -0.25) is 0 Å². The molecule has 0 spiro atoms. The Morgan fingerprint density at radius 1 is 1.17 bits per heavy atom. The molecule has 4 nitrogen and oxygen atoms in total. The van der Waals surface area contributed by atoms with Crippen molar-refractivity contribution in [3.05, 3.63) is 46.5 Å². The van der Waals surface area contributed by atoms with Crippen molar-refractivity contribution in [3.63, 3.8) is 0 Å². The first kappa shape index (κ1) is 14.9. The molecule has 2 bridgehead atoms. The number of hydrogen-bond donors (Lipinski definition) is 2. The SMILES string of the molecule is O=C1OC2CC1(O)C=C(CCc1ccc3c(c1)CCCC3)C2O. The maximum absolute atomic E-state index is 11.7. The molecule has 122 valence electrons. The molecule has 0 saturated carbocycles.